The van der Waals surface area contributed by atoms with Gasteiger partial charge in [-0.1, -0.05) is 67.0 Å². The molecule has 0 radical (unpaired) electrons. The Hall–Kier alpha value is -1.95. The van der Waals surface area contributed by atoms with Crippen LogP contribution in [0.4, 0.5) is 0 Å². The SMILES string of the molecule is COC(=O)C(Br)(C(=O)/C=C(\c1ccccc1)C(C)(C)C)C(=O)OC. The van der Waals surface area contributed by atoms with E-state index in [1.54, 1.807) is 0 Å². The minimum Gasteiger partial charge on any atom is -0.467 e. The number of carbonyl (C=O) groups excluding carboxylic acids is 3. The number of rotatable bonds is 5. The summed E-state index contributed by atoms with van der Waals surface area (Å²) in [7, 11) is 2.19. The van der Waals surface area contributed by atoms with Crippen LogP contribution in [0.3, 0.4) is 0 Å². The molecule has 6 heteroatoms. The van der Waals surface area contributed by atoms with Crippen molar-refractivity contribution >= 4 is 39.2 Å². The van der Waals surface area contributed by atoms with Crippen molar-refractivity contribution in [2.24, 2.45) is 5.41 Å². The number of halogens is 1. The predicted molar refractivity (Wildman–Crippen MR) is 94.6 cm³/mol. The topological polar surface area (TPSA) is 69.7 Å². The first kappa shape index (κ1) is 20.1. The predicted octanol–water partition coefficient (Wildman–Crippen LogP) is 3.16. The smallest absolute Gasteiger partial charge is 0.342 e. The number of benzene rings is 1. The lowest BCUT2D eigenvalue weighted by Crippen LogP contribution is -2.49. The Balaban J connectivity index is 3.47. The van der Waals surface area contributed by atoms with Gasteiger partial charge in [0.1, 0.15) is 0 Å². The van der Waals surface area contributed by atoms with Gasteiger partial charge < -0.3 is 9.47 Å². The molecule has 0 fully saturated rings. The maximum atomic E-state index is 12.8. The third-order valence-electron chi connectivity index (χ3n) is 3.44. The molecule has 0 aliphatic carbocycles. The van der Waals surface area contributed by atoms with Crippen LogP contribution in [0, 0.1) is 5.41 Å². The molecule has 1 aromatic rings. The summed E-state index contributed by atoms with van der Waals surface area (Å²) in [5.74, 6) is -2.82. The molecule has 0 aromatic heterocycles. The zero-order valence-electron chi connectivity index (χ0n) is 14.4. The molecule has 0 saturated carbocycles. The van der Waals surface area contributed by atoms with E-state index in [-0.39, 0.29) is 0 Å². The molecule has 0 amide bonds. The van der Waals surface area contributed by atoms with Crippen molar-refractivity contribution in [2.75, 3.05) is 14.2 Å². The van der Waals surface area contributed by atoms with Crippen LogP contribution in [-0.4, -0.2) is 36.3 Å². The van der Waals surface area contributed by atoms with Crippen molar-refractivity contribution in [3.05, 3.63) is 42.0 Å². The lowest BCUT2D eigenvalue weighted by Gasteiger charge is -2.25. The molecule has 0 aliphatic rings. The molecule has 24 heavy (non-hydrogen) atoms. The number of carbonyl (C=O) groups is 3. The van der Waals surface area contributed by atoms with Gasteiger partial charge in [-0.05, 0) is 22.6 Å². The molecule has 0 saturated heterocycles. The Morgan fingerprint density at radius 1 is 0.958 bits per heavy atom. The van der Waals surface area contributed by atoms with Gasteiger partial charge in [-0.15, -0.1) is 0 Å². The first-order valence-electron chi connectivity index (χ1n) is 7.26. The number of hydrogen-bond donors (Lipinski definition) is 0. The van der Waals surface area contributed by atoms with Crippen molar-refractivity contribution in [3.63, 3.8) is 0 Å². The summed E-state index contributed by atoms with van der Waals surface area (Å²) in [4.78, 5) is 36.8. The maximum Gasteiger partial charge on any atom is 0.342 e. The lowest BCUT2D eigenvalue weighted by molar-refractivity contribution is -0.157. The van der Waals surface area contributed by atoms with Crippen molar-refractivity contribution in [1.82, 2.24) is 0 Å². The van der Waals surface area contributed by atoms with E-state index >= 15 is 0 Å². The van der Waals surface area contributed by atoms with Crippen LogP contribution in [0.5, 0.6) is 0 Å². The Morgan fingerprint density at radius 2 is 1.42 bits per heavy atom. The standard InChI is InChI=1S/C18H21BrO5/c1-17(2,3)13(12-9-7-6-8-10-12)11-14(20)18(19,15(21)23-4)16(22)24-5/h6-11H,1-5H3/b13-11+. The third kappa shape index (κ3) is 4.12. The van der Waals surface area contributed by atoms with Crippen LogP contribution in [0.1, 0.15) is 26.3 Å². The van der Waals surface area contributed by atoms with Crippen LogP contribution >= 0.6 is 15.9 Å². The second-order valence-electron chi connectivity index (χ2n) is 6.18. The fraction of sp³-hybridized carbons (Fsp3) is 0.389. The molecule has 0 atom stereocenters. The number of hydrogen-bond acceptors (Lipinski definition) is 5. The zero-order valence-corrected chi connectivity index (χ0v) is 16.0. The summed E-state index contributed by atoms with van der Waals surface area (Å²) in [6.45, 7) is 5.81. The number of ketones is 1. The molecule has 0 N–H and O–H groups in total. The number of esters is 2. The fourth-order valence-electron chi connectivity index (χ4n) is 2.15. The second kappa shape index (κ2) is 7.75. The van der Waals surface area contributed by atoms with Crippen LogP contribution in [0.25, 0.3) is 5.57 Å². The van der Waals surface area contributed by atoms with Crippen LogP contribution in [0.2, 0.25) is 0 Å². The third-order valence-corrected chi connectivity index (χ3v) is 4.48. The number of alkyl halides is 1. The summed E-state index contributed by atoms with van der Waals surface area (Å²) < 4.78 is 6.97. The summed E-state index contributed by atoms with van der Waals surface area (Å²) in [5.41, 5.74) is 1.12. The Labute approximate surface area is 150 Å². The monoisotopic (exact) mass is 396 g/mol. The van der Waals surface area contributed by atoms with Crippen molar-refractivity contribution in [2.45, 2.75) is 25.1 Å². The molecule has 5 nitrogen and oxygen atoms in total. The average molecular weight is 397 g/mol. The van der Waals surface area contributed by atoms with Crippen molar-refractivity contribution in [3.8, 4) is 0 Å². The second-order valence-corrected chi connectivity index (χ2v) is 7.37. The van der Waals surface area contributed by atoms with Gasteiger partial charge >= 0.3 is 11.9 Å². The summed E-state index contributed by atoms with van der Waals surface area (Å²) in [6, 6.07) is 9.28. The van der Waals surface area contributed by atoms with E-state index in [0.29, 0.717) is 5.57 Å². The van der Waals surface area contributed by atoms with E-state index in [1.165, 1.54) is 6.08 Å². The van der Waals surface area contributed by atoms with E-state index < -0.39 is 27.5 Å². The highest BCUT2D eigenvalue weighted by Gasteiger charge is 2.52. The lowest BCUT2D eigenvalue weighted by atomic mass is 9.80. The van der Waals surface area contributed by atoms with Gasteiger partial charge in [0, 0.05) is 0 Å². The van der Waals surface area contributed by atoms with Gasteiger partial charge in [0.25, 0.3) is 4.32 Å². The van der Waals surface area contributed by atoms with E-state index in [2.05, 4.69) is 25.4 Å². The van der Waals surface area contributed by atoms with Gasteiger partial charge in [0.15, 0.2) is 5.78 Å². The zero-order chi connectivity index (χ0) is 18.5. The van der Waals surface area contributed by atoms with Gasteiger partial charge in [-0.2, -0.15) is 0 Å². The number of ether oxygens (including phenoxy) is 2. The Kier molecular flexibility index (Phi) is 6.49. The van der Waals surface area contributed by atoms with Crippen molar-refractivity contribution < 1.29 is 23.9 Å². The van der Waals surface area contributed by atoms with Gasteiger partial charge in [-0.25, -0.2) is 9.59 Å². The molecule has 130 valence electrons. The van der Waals surface area contributed by atoms with Gasteiger partial charge in [0.2, 0.25) is 0 Å². The first-order valence-corrected chi connectivity index (χ1v) is 8.06. The molecular weight excluding hydrogens is 376 g/mol. The van der Waals surface area contributed by atoms with Crippen LogP contribution < -0.4 is 0 Å². The molecule has 0 bridgehead atoms. The van der Waals surface area contributed by atoms with Crippen LogP contribution in [-0.2, 0) is 23.9 Å². The summed E-state index contributed by atoms with van der Waals surface area (Å²) in [5, 5.41) is 0. The fourth-order valence-corrected chi connectivity index (χ4v) is 2.59. The highest BCUT2D eigenvalue weighted by molar-refractivity contribution is 9.11. The van der Waals surface area contributed by atoms with Crippen LogP contribution in [0.15, 0.2) is 36.4 Å². The number of allylic oxidation sites excluding steroid dienone is 2. The molecular formula is C18H21BrO5. The van der Waals surface area contributed by atoms with Crippen molar-refractivity contribution in [1.29, 1.82) is 0 Å². The minimum absolute atomic E-state index is 0.392. The molecule has 0 heterocycles. The van der Waals surface area contributed by atoms with Gasteiger partial charge in [-0.3, -0.25) is 4.79 Å². The Bertz CT molecular complexity index is 640. The molecule has 1 rings (SSSR count). The van der Waals surface area contributed by atoms with E-state index in [9.17, 15) is 14.4 Å². The normalized spacial score (nSPS) is 12.5. The van der Waals surface area contributed by atoms with E-state index in [4.69, 9.17) is 0 Å². The quantitative estimate of drug-likeness (QED) is 0.330. The highest BCUT2D eigenvalue weighted by atomic mass is 79.9. The summed E-state index contributed by atoms with van der Waals surface area (Å²) >= 11 is 2.93. The largest absolute Gasteiger partial charge is 0.467 e. The first-order chi connectivity index (χ1) is 11.1. The van der Waals surface area contributed by atoms with Gasteiger partial charge in [0.05, 0.1) is 14.2 Å². The number of methoxy groups -OCH3 is 2. The molecule has 0 aliphatic heterocycles. The van der Waals surface area contributed by atoms with E-state index in [0.717, 1.165) is 19.8 Å². The minimum atomic E-state index is -2.22. The Morgan fingerprint density at radius 3 is 1.79 bits per heavy atom. The molecule has 0 unspecified atom stereocenters. The summed E-state index contributed by atoms with van der Waals surface area (Å²) in [6.07, 6.45) is 1.29. The van der Waals surface area contributed by atoms with E-state index in [1.807, 2.05) is 51.1 Å². The average Bonchev–Trinajstić information content (AvgIpc) is 2.56. The molecule has 1 aromatic carbocycles. The molecule has 0 spiro atoms. The maximum absolute atomic E-state index is 12.8. The highest BCUT2D eigenvalue weighted by Crippen LogP contribution is 2.35.